The average molecular weight is 426 g/mol. The number of primary amides is 1. The molecule has 0 bridgehead atoms. The summed E-state index contributed by atoms with van der Waals surface area (Å²) < 4.78 is 19.3. The summed E-state index contributed by atoms with van der Waals surface area (Å²) >= 11 is 0. The van der Waals surface area contributed by atoms with Crippen molar-refractivity contribution in [3.8, 4) is 0 Å². The Kier molecular flexibility index (Phi) is 7.33. The maximum absolute atomic E-state index is 15.2. The predicted molar refractivity (Wildman–Crippen MR) is 117 cm³/mol. The van der Waals surface area contributed by atoms with Crippen LogP contribution in [0.1, 0.15) is 35.9 Å². The van der Waals surface area contributed by atoms with Gasteiger partial charge in [-0.1, -0.05) is 31.2 Å². The van der Waals surface area contributed by atoms with Gasteiger partial charge in [-0.15, -0.1) is 0 Å². The van der Waals surface area contributed by atoms with Crippen LogP contribution in [0.25, 0.3) is 0 Å². The molecule has 2 N–H and O–H groups in total. The van der Waals surface area contributed by atoms with Gasteiger partial charge in [0.25, 0.3) is 0 Å². The third-order valence-electron chi connectivity index (χ3n) is 5.16. The second kappa shape index (κ2) is 10.1. The minimum absolute atomic E-state index is 0.218. The smallest absolute Gasteiger partial charge is 0.243 e. The van der Waals surface area contributed by atoms with Crippen LogP contribution in [0.3, 0.4) is 0 Å². The fourth-order valence-electron chi connectivity index (χ4n) is 3.65. The van der Waals surface area contributed by atoms with Crippen molar-refractivity contribution in [3.05, 3.63) is 71.4 Å². The van der Waals surface area contributed by atoms with E-state index in [9.17, 15) is 4.79 Å². The maximum atomic E-state index is 15.2. The van der Waals surface area contributed by atoms with E-state index in [0.717, 1.165) is 29.8 Å². The van der Waals surface area contributed by atoms with Gasteiger partial charge in [0.2, 0.25) is 12.2 Å². The molecule has 2 heterocycles. The highest BCUT2D eigenvalue weighted by Gasteiger charge is 2.19. The normalized spacial score (nSPS) is 11.0. The summed E-state index contributed by atoms with van der Waals surface area (Å²) in [5, 5.41) is 0. The molecule has 0 spiro atoms. The fourth-order valence-corrected chi connectivity index (χ4v) is 3.65. The van der Waals surface area contributed by atoms with Crippen molar-refractivity contribution in [1.29, 1.82) is 0 Å². The summed E-state index contributed by atoms with van der Waals surface area (Å²) in [6, 6.07) is 7.63. The second-order valence-corrected chi connectivity index (χ2v) is 7.87. The third kappa shape index (κ3) is 5.87. The zero-order valence-corrected chi connectivity index (χ0v) is 18.4. The molecule has 0 unspecified atom stereocenters. The van der Waals surface area contributed by atoms with E-state index >= 15 is 4.39 Å². The van der Waals surface area contributed by atoms with Gasteiger partial charge >= 0.3 is 0 Å². The average Bonchev–Trinajstić information content (AvgIpc) is 3.06. The number of nitrogens with two attached hydrogens (primary N) is 1. The Morgan fingerprint density at radius 3 is 2.58 bits per heavy atom. The van der Waals surface area contributed by atoms with Gasteiger partial charge in [0, 0.05) is 7.05 Å². The quantitative estimate of drug-likeness (QED) is 0.505. The minimum Gasteiger partial charge on any atom is -0.369 e. The third-order valence-corrected chi connectivity index (χ3v) is 5.16. The number of rotatable bonds is 10. The first-order valence-corrected chi connectivity index (χ1v) is 10.5. The number of imidazole rings is 1. The molecule has 0 aliphatic heterocycles. The van der Waals surface area contributed by atoms with Crippen molar-refractivity contribution in [1.82, 2.24) is 14.5 Å². The number of halogens is 1. The SMILES string of the molecule is CCCn1c[n+](C)cc1CN(C)c1ncnc(CCc2ccc(CC(N)=O)cc2)c1F. The van der Waals surface area contributed by atoms with Crippen molar-refractivity contribution in [3.63, 3.8) is 0 Å². The van der Waals surface area contributed by atoms with E-state index < -0.39 is 0 Å². The van der Waals surface area contributed by atoms with Gasteiger partial charge in [0.05, 0.1) is 32.3 Å². The molecule has 1 aromatic carbocycles. The van der Waals surface area contributed by atoms with Gasteiger partial charge in [-0.05, 0) is 30.4 Å². The van der Waals surface area contributed by atoms with Crippen molar-refractivity contribution in [2.24, 2.45) is 12.8 Å². The van der Waals surface area contributed by atoms with Crippen LogP contribution in [0.4, 0.5) is 10.2 Å². The molecule has 3 aromatic rings. The highest BCUT2D eigenvalue weighted by Crippen LogP contribution is 2.20. The van der Waals surface area contributed by atoms with E-state index in [-0.39, 0.29) is 18.1 Å². The van der Waals surface area contributed by atoms with Crippen LogP contribution < -0.4 is 15.2 Å². The molecule has 0 fully saturated rings. The highest BCUT2D eigenvalue weighted by molar-refractivity contribution is 5.76. The van der Waals surface area contributed by atoms with Crippen LogP contribution in [0, 0.1) is 5.82 Å². The van der Waals surface area contributed by atoms with Crippen molar-refractivity contribution in [2.45, 2.75) is 45.7 Å². The highest BCUT2D eigenvalue weighted by atomic mass is 19.1. The summed E-state index contributed by atoms with van der Waals surface area (Å²) in [4.78, 5) is 21.2. The zero-order chi connectivity index (χ0) is 22.4. The van der Waals surface area contributed by atoms with E-state index in [1.807, 2.05) is 60.4 Å². The van der Waals surface area contributed by atoms with E-state index in [1.165, 1.54) is 6.33 Å². The monoisotopic (exact) mass is 425 g/mol. The Hall–Kier alpha value is -3.29. The summed E-state index contributed by atoms with van der Waals surface area (Å²) in [6.07, 6.45) is 7.87. The maximum Gasteiger partial charge on any atom is 0.243 e. The Bertz CT molecular complexity index is 1030. The zero-order valence-electron chi connectivity index (χ0n) is 18.4. The van der Waals surface area contributed by atoms with Crippen molar-refractivity contribution >= 4 is 11.7 Å². The second-order valence-electron chi connectivity index (χ2n) is 7.87. The van der Waals surface area contributed by atoms with Gasteiger partial charge in [-0.25, -0.2) is 23.5 Å². The van der Waals surface area contributed by atoms with Crippen LogP contribution in [0.2, 0.25) is 0 Å². The van der Waals surface area contributed by atoms with E-state index in [4.69, 9.17) is 5.73 Å². The number of amides is 1. The molecule has 31 heavy (non-hydrogen) atoms. The lowest BCUT2D eigenvalue weighted by Gasteiger charge is -2.18. The molecule has 0 saturated carbocycles. The van der Waals surface area contributed by atoms with Crippen molar-refractivity contribution in [2.75, 3.05) is 11.9 Å². The van der Waals surface area contributed by atoms with Crippen LogP contribution in [-0.4, -0.2) is 27.5 Å². The van der Waals surface area contributed by atoms with E-state index in [0.29, 0.717) is 30.9 Å². The summed E-state index contributed by atoms with van der Waals surface area (Å²) in [6.45, 7) is 3.60. The first-order valence-electron chi connectivity index (χ1n) is 10.5. The van der Waals surface area contributed by atoms with Crippen LogP contribution in [-0.2, 0) is 44.2 Å². The number of hydrogen-bond acceptors (Lipinski definition) is 4. The van der Waals surface area contributed by atoms with E-state index in [1.54, 1.807) is 0 Å². The Morgan fingerprint density at radius 2 is 1.90 bits per heavy atom. The molecule has 3 rings (SSSR count). The van der Waals surface area contributed by atoms with Gasteiger partial charge in [-0.2, -0.15) is 0 Å². The van der Waals surface area contributed by atoms with Crippen LogP contribution in [0.5, 0.6) is 0 Å². The number of anilines is 1. The van der Waals surface area contributed by atoms with Gasteiger partial charge in [0.1, 0.15) is 12.5 Å². The van der Waals surface area contributed by atoms with E-state index in [2.05, 4.69) is 21.5 Å². The summed E-state index contributed by atoms with van der Waals surface area (Å²) in [5.74, 6) is -0.440. The topological polar surface area (TPSA) is 80.9 Å². The van der Waals surface area contributed by atoms with Gasteiger partial charge in [0.15, 0.2) is 17.3 Å². The first kappa shape index (κ1) is 22.4. The lowest BCUT2D eigenvalue weighted by Crippen LogP contribution is -2.24. The van der Waals surface area contributed by atoms with Gasteiger partial charge < -0.3 is 10.6 Å². The lowest BCUT2D eigenvalue weighted by molar-refractivity contribution is -0.671. The molecule has 1 amide bonds. The molecule has 0 atom stereocenters. The lowest BCUT2D eigenvalue weighted by atomic mass is 10.0. The Balaban J connectivity index is 1.69. The summed E-state index contributed by atoms with van der Waals surface area (Å²) in [7, 11) is 3.83. The number of aryl methyl sites for hydroxylation is 4. The molecule has 7 nitrogen and oxygen atoms in total. The standard InChI is InChI=1S/C23H29FN6O/c1-4-11-30-16-28(2)13-19(30)14-29(3)23-22(24)20(26-15-27-23)10-9-17-5-7-18(8-6-17)12-21(25)31/h5-8,13,15-16H,4,9-12,14H2,1-3H3,(H-,25,31)/p+1. The molecule has 0 saturated heterocycles. The van der Waals surface area contributed by atoms with Crippen LogP contribution in [0.15, 0.2) is 43.1 Å². The fraction of sp³-hybridized carbons (Fsp3) is 0.391. The van der Waals surface area contributed by atoms with Crippen LogP contribution >= 0.6 is 0 Å². The minimum atomic E-state index is -0.381. The predicted octanol–water partition coefficient (Wildman–Crippen LogP) is 2.10. The number of benzene rings is 1. The first-order chi connectivity index (χ1) is 14.9. The van der Waals surface area contributed by atoms with Gasteiger partial charge in [-0.3, -0.25) is 4.79 Å². The molecule has 0 aliphatic rings. The molecular weight excluding hydrogens is 395 g/mol. The molecule has 0 aliphatic carbocycles. The molecular formula is C23H30FN6O+. The Morgan fingerprint density at radius 1 is 1.19 bits per heavy atom. The number of aromatic nitrogens is 4. The molecule has 0 radical (unpaired) electrons. The molecule has 8 heteroatoms. The number of hydrogen-bond donors (Lipinski definition) is 1. The largest absolute Gasteiger partial charge is 0.369 e. The Labute approximate surface area is 182 Å². The molecule has 2 aromatic heterocycles. The van der Waals surface area contributed by atoms with Crippen molar-refractivity contribution < 1.29 is 13.8 Å². The number of carbonyl (C=O) groups excluding carboxylic acids is 1. The number of nitrogens with zero attached hydrogens (tertiary/aromatic N) is 5. The number of carbonyl (C=O) groups is 1. The summed E-state index contributed by atoms with van der Waals surface area (Å²) in [5.41, 5.74) is 8.64. The molecule has 164 valence electrons.